The summed E-state index contributed by atoms with van der Waals surface area (Å²) in [4.78, 5) is 20.4. The third-order valence-electron chi connectivity index (χ3n) is 15.3. The molecule has 0 aromatic rings. The molecule has 0 saturated carbocycles. The Morgan fingerprint density at radius 1 is 0.188 bits per heavy atom. The van der Waals surface area contributed by atoms with Crippen LogP contribution in [0.15, 0.2) is 72.9 Å². The molecule has 0 fully saturated rings. The molecule has 0 saturated heterocycles. The zero-order chi connectivity index (χ0) is 62.4. The highest BCUT2D eigenvalue weighted by Crippen LogP contribution is 2.16. The SMILES string of the molecule is CC/C=C\C/C=C\C/C=C\CCCCCCCCONC.CCCCC/C=C\C/C=C\CCCCCCCCONC.CCCCCCCC/C=C\CCCCCCCCONC.CCCCCCCCCCCCCCCCCCCONC. The molecule has 0 aliphatic heterocycles. The van der Waals surface area contributed by atoms with E-state index in [2.05, 4.69) is 123 Å². The van der Waals surface area contributed by atoms with Gasteiger partial charge in [-0.3, -0.25) is 0 Å². The molecule has 0 spiro atoms. The summed E-state index contributed by atoms with van der Waals surface area (Å²) in [6.07, 6.45) is 98.6. The Kier molecular flexibility index (Phi) is 101. The predicted molar refractivity (Wildman–Crippen MR) is 382 cm³/mol. The highest BCUT2D eigenvalue weighted by atomic mass is 16.6. The Bertz CT molecular complexity index is 1250. The molecule has 0 aromatic carbocycles. The predicted octanol–water partition coefficient (Wildman–Crippen LogP) is 24.6. The average molecular weight is 1200 g/mol. The van der Waals surface area contributed by atoms with Gasteiger partial charge in [-0.2, -0.15) is 0 Å². The number of allylic oxidation sites excluding steroid dienone is 12. The highest BCUT2D eigenvalue weighted by Gasteiger charge is 1.97. The average Bonchev–Trinajstić information content (AvgIpc) is 3.51. The van der Waals surface area contributed by atoms with Gasteiger partial charge in [0.2, 0.25) is 0 Å². The molecule has 0 atom stereocenters. The van der Waals surface area contributed by atoms with Crippen LogP contribution in [-0.2, 0) is 19.4 Å². The summed E-state index contributed by atoms with van der Waals surface area (Å²) < 4.78 is 0. The minimum Gasteiger partial charge on any atom is -0.302 e. The molecule has 0 aliphatic rings. The zero-order valence-electron chi connectivity index (χ0n) is 58.9. The van der Waals surface area contributed by atoms with Crippen molar-refractivity contribution in [3.63, 3.8) is 0 Å². The molecule has 0 radical (unpaired) electrons. The van der Waals surface area contributed by atoms with Crippen LogP contribution in [-0.4, -0.2) is 54.6 Å². The van der Waals surface area contributed by atoms with Gasteiger partial charge in [-0.15, -0.1) is 0 Å². The van der Waals surface area contributed by atoms with E-state index in [9.17, 15) is 0 Å². The largest absolute Gasteiger partial charge is 0.302 e. The van der Waals surface area contributed by atoms with Crippen molar-refractivity contribution in [2.45, 2.75) is 368 Å². The lowest BCUT2D eigenvalue weighted by Gasteiger charge is -2.04. The standard InChI is InChI=1S/C20H43NO.C19H39NO.C19H37NO.C19H35NO/c1-3-4-5-6-7-8-9-10-11-12-13-14-15-16-17-18-19-20-22-21-2;3*1-3-4-5-6-7-8-9-10-11-12-13-14-15-16-17-18-19-21-20-2/h21H,3-20H2,1-2H3;10-11,20H,3-9,12-19H2,1-2H3;7-8,10-11,20H,3-6,9,12-19H2,1-2H3;4-5,7-8,10-11,20H,3,6,9,12-19H2,1-2H3/b;11-10-;8-7-,11-10-;5-4-,8-7-,11-10-. The highest BCUT2D eigenvalue weighted by molar-refractivity contribution is 4.97. The summed E-state index contributed by atoms with van der Waals surface area (Å²) in [7, 11) is 7.27. The van der Waals surface area contributed by atoms with Crippen LogP contribution in [0.4, 0.5) is 0 Å². The Morgan fingerprint density at radius 2 is 0.353 bits per heavy atom. The molecule has 4 N–H and O–H groups in total. The van der Waals surface area contributed by atoms with Crippen molar-refractivity contribution in [2.75, 3.05) is 54.6 Å². The normalized spacial score (nSPS) is 11.7. The Morgan fingerprint density at radius 3 is 0.576 bits per heavy atom. The number of rotatable bonds is 67. The lowest BCUT2D eigenvalue weighted by molar-refractivity contribution is 0.0549. The number of hydroxylamine groups is 4. The monoisotopic (exact) mass is 1200 g/mol. The quantitative estimate of drug-likeness (QED) is 0.0272. The maximum atomic E-state index is 5.11. The summed E-state index contributed by atoms with van der Waals surface area (Å²) >= 11 is 0. The Labute approximate surface area is 534 Å². The molecule has 0 amide bonds. The van der Waals surface area contributed by atoms with Crippen molar-refractivity contribution in [1.82, 2.24) is 21.9 Å². The van der Waals surface area contributed by atoms with Crippen LogP contribution >= 0.6 is 0 Å². The minimum absolute atomic E-state index is 0.834. The number of hydrogen-bond acceptors (Lipinski definition) is 8. The fourth-order valence-corrected chi connectivity index (χ4v) is 9.86. The van der Waals surface area contributed by atoms with Gasteiger partial charge in [0.1, 0.15) is 0 Å². The summed E-state index contributed by atoms with van der Waals surface area (Å²) in [5.74, 6) is 0. The van der Waals surface area contributed by atoms with Crippen molar-refractivity contribution < 1.29 is 19.4 Å². The molecule has 0 rings (SSSR count). The minimum atomic E-state index is 0.834. The van der Waals surface area contributed by atoms with Crippen LogP contribution in [0.5, 0.6) is 0 Å². The molecule has 0 aromatic heterocycles. The summed E-state index contributed by atoms with van der Waals surface area (Å²) in [6, 6.07) is 0. The Balaban J connectivity index is -0.000000515. The number of unbranched alkanes of at least 4 members (excludes halogenated alkanes) is 43. The van der Waals surface area contributed by atoms with Gasteiger partial charge in [0.25, 0.3) is 0 Å². The van der Waals surface area contributed by atoms with E-state index in [4.69, 9.17) is 19.4 Å². The first-order chi connectivity index (χ1) is 42.2. The second-order valence-electron chi connectivity index (χ2n) is 23.6. The smallest absolute Gasteiger partial charge is 0.0682 e. The van der Waals surface area contributed by atoms with Gasteiger partial charge in [0.15, 0.2) is 0 Å². The zero-order valence-corrected chi connectivity index (χ0v) is 58.9. The van der Waals surface area contributed by atoms with E-state index in [0.29, 0.717) is 0 Å². The van der Waals surface area contributed by atoms with E-state index in [1.165, 1.54) is 315 Å². The third kappa shape index (κ3) is 104. The van der Waals surface area contributed by atoms with E-state index in [0.717, 1.165) is 52.1 Å². The van der Waals surface area contributed by atoms with Gasteiger partial charge >= 0.3 is 0 Å². The van der Waals surface area contributed by atoms with Crippen LogP contribution in [0.3, 0.4) is 0 Å². The lowest BCUT2D eigenvalue weighted by Crippen LogP contribution is -2.07. The topological polar surface area (TPSA) is 85.0 Å². The van der Waals surface area contributed by atoms with Crippen molar-refractivity contribution >= 4 is 0 Å². The fraction of sp³-hybridized carbons (Fsp3) is 0.844. The summed E-state index contributed by atoms with van der Waals surface area (Å²) in [5, 5.41) is 0. The molecule has 8 heteroatoms. The number of nitrogens with one attached hydrogen (secondary N) is 4. The molecule has 0 aliphatic carbocycles. The van der Waals surface area contributed by atoms with Gasteiger partial charge in [0, 0.05) is 28.2 Å². The van der Waals surface area contributed by atoms with Gasteiger partial charge in [-0.05, 0) is 116 Å². The van der Waals surface area contributed by atoms with Crippen LogP contribution < -0.4 is 21.9 Å². The molecule has 0 bridgehead atoms. The number of hydrogen-bond donors (Lipinski definition) is 4. The maximum Gasteiger partial charge on any atom is 0.0682 e. The first-order valence-corrected chi connectivity index (χ1v) is 37.2. The third-order valence-corrected chi connectivity index (χ3v) is 15.3. The molecule has 506 valence electrons. The van der Waals surface area contributed by atoms with Crippen LogP contribution in [0.25, 0.3) is 0 Å². The molecule has 0 unspecified atom stereocenters. The van der Waals surface area contributed by atoms with E-state index in [1.807, 2.05) is 28.2 Å². The molecule has 0 heterocycles. The molecule has 8 nitrogen and oxygen atoms in total. The Hall–Kier alpha value is -1.88. The van der Waals surface area contributed by atoms with Crippen LogP contribution in [0, 0.1) is 0 Å². The van der Waals surface area contributed by atoms with Gasteiger partial charge in [0.05, 0.1) is 26.4 Å². The first-order valence-electron chi connectivity index (χ1n) is 37.2. The summed E-state index contributed by atoms with van der Waals surface area (Å²) in [6.45, 7) is 12.4. The van der Waals surface area contributed by atoms with Crippen molar-refractivity contribution in [1.29, 1.82) is 0 Å². The van der Waals surface area contributed by atoms with Crippen molar-refractivity contribution in [3.8, 4) is 0 Å². The van der Waals surface area contributed by atoms with Gasteiger partial charge in [-0.25, -0.2) is 21.9 Å². The second kappa shape index (κ2) is 95.8. The van der Waals surface area contributed by atoms with Gasteiger partial charge < -0.3 is 19.4 Å². The fourth-order valence-electron chi connectivity index (χ4n) is 9.86. The lowest BCUT2D eigenvalue weighted by atomic mass is 10.0. The van der Waals surface area contributed by atoms with Crippen LogP contribution in [0.1, 0.15) is 368 Å². The van der Waals surface area contributed by atoms with E-state index < -0.39 is 0 Å². The van der Waals surface area contributed by atoms with E-state index >= 15 is 0 Å². The molecular weight excluding hydrogens is 1040 g/mol. The second-order valence-corrected chi connectivity index (χ2v) is 23.6. The molecule has 85 heavy (non-hydrogen) atoms. The van der Waals surface area contributed by atoms with Crippen molar-refractivity contribution in [2.24, 2.45) is 0 Å². The first kappa shape index (κ1) is 89.5. The van der Waals surface area contributed by atoms with E-state index in [-0.39, 0.29) is 0 Å². The summed E-state index contributed by atoms with van der Waals surface area (Å²) in [5.41, 5.74) is 10.8. The van der Waals surface area contributed by atoms with Gasteiger partial charge in [-0.1, -0.05) is 325 Å². The maximum absolute atomic E-state index is 5.11. The van der Waals surface area contributed by atoms with Crippen molar-refractivity contribution in [3.05, 3.63) is 72.9 Å². The van der Waals surface area contributed by atoms with Crippen LogP contribution in [0.2, 0.25) is 0 Å². The van der Waals surface area contributed by atoms with E-state index in [1.54, 1.807) is 0 Å². The molecular formula is C77H154N4O4.